The molecule has 4 heterocycles. The first-order valence-corrected chi connectivity index (χ1v) is 12.5. The van der Waals surface area contributed by atoms with Gasteiger partial charge in [0.2, 0.25) is 11.8 Å². The van der Waals surface area contributed by atoms with Crippen LogP contribution in [-0.2, 0) is 22.7 Å². The number of piperidine rings is 1. The van der Waals surface area contributed by atoms with Gasteiger partial charge in [-0.1, -0.05) is 12.1 Å². The van der Waals surface area contributed by atoms with E-state index < -0.39 is 17.8 Å². The van der Waals surface area contributed by atoms with Gasteiger partial charge in [0, 0.05) is 80.6 Å². The Hall–Kier alpha value is -4.05. The van der Waals surface area contributed by atoms with Crippen molar-refractivity contribution in [3.05, 3.63) is 77.6 Å². The molecule has 0 aliphatic carbocycles. The number of rotatable bonds is 5. The highest BCUT2D eigenvalue weighted by atomic mass is 19.1. The van der Waals surface area contributed by atoms with Gasteiger partial charge < -0.3 is 14.4 Å². The average molecular weight is 503 g/mol. The van der Waals surface area contributed by atoms with Crippen molar-refractivity contribution >= 4 is 23.4 Å². The Kier molecular flexibility index (Phi) is 5.96. The number of carbonyl (C=O) groups excluding carboxylic acids is 3. The lowest BCUT2D eigenvalue weighted by molar-refractivity contribution is -0.136. The molecule has 1 atom stereocenters. The van der Waals surface area contributed by atoms with Crippen molar-refractivity contribution in [1.29, 1.82) is 0 Å². The Morgan fingerprint density at radius 1 is 1.03 bits per heavy atom. The number of nitrogens with zero attached hydrogens (tertiary/aromatic N) is 5. The third-order valence-corrected chi connectivity index (χ3v) is 7.46. The molecular weight excluding hydrogens is 475 g/mol. The van der Waals surface area contributed by atoms with E-state index in [-0.39, 0.29) is 31.2 Å². The van der Waals surface area contributed by atoms with Crippen LogP contribution in [0.5, 0.6) is 0 Å². The van der Waals surface area contributed by atoms with Crippen LogP contribution in [0.4, 0.5) is 10.1 Å². The Bertz CT molecular complexity index is 1350. The van der Waals surface area contributed by atoms with E-state index >= 15 is 0 Å². The molecule has 1 aromatic heterocycles. The molecule has 1 unspecified atom stereocenters. The zero-order chi connectivity index (χ0) is 25.5. The number of hydrogen-bond donors (Lipinski definition) is 1. The highest BCUT2D eigenvalue weighted by Gasteiger charge is 2.41. The number of halogens is 1. The summed E-state index contributed by atoms with van der Waals surface area (Å²) in [6.45, 7) is 4.07. The van der Waals surface area contributed by atoms with E-state index in [4.69, 9.17) is 0 Å². The summed E-state index contributed by atoms with van der Waals surface area (Å²) < 4.78 is 16.6. The summed E-state index contributed by atoms with van der Waals surface area (Å²) >= 11 is 0. The molecule has 3 aliphatic heterocycles. The quantitative estimate of drug-likeness (QED) is 0.538. The van der Waals surface area contributed by atoms with Gasteiger partial charge in [-0.15, -0.1) is 0 Å². The number of amides is 3. The molecule has 0 spiro atoms. The molecule has 2 fully saturated rings. The number of nitrogens with one attached hydrogen (secondary N) is 1. The number of hydrogen-bond acceptors (Lipinski definition) is 6. The van der Waals surface area contributed by atoms with Crippen molar-refractivity contribution < 1.29 is 18.8 Å². The SMILES string of the molecule is O=C1CCC(N2Cc3c(cc(F)cc3N3CCN(Cc4ccc(-n5ccnc5)cc4)CC3)C2=O)C(=O)N1. The van der Waals surface area contributed by atoms with Crippen molar-refractivity contribution in [1.82, 2.24) is 24.7 Å². The maximum atomic E-state index is 14.6. The first-order valence-electron chi connectivity index (χ1n) is 12.5. The normalized spacial score (nSPS) is 20.4. The number of imidazole rings is 1. The van der Waals surface area contributed by atoms with Gasteiger partial charge in [0.1, 0.15) is 11.9 Å². The van der Waals surface area contributed by atoms with Gasteiger partial charge in [-0.2, -0.15) is 0 Å². The van der Waals surface area contributed by atoms with Crippen LogP contribution in [0.3, 0.4) is 0 Å². The highest BCUT2D eigenvalue weighted by Crippen LogP contribution is 2.35. The highest BCUT2D eigenvalue weighted by molar-refractivity contribution is 6.06. The fourth-order valence-electron chi connectivity index (χ4n) is 5.48. The average Bonchev–Trinajstić information content (AvgIpc) is 3.54. The summed E-state index contributed by atoms with van der Waals surface area (Å²) in [6.07, 6.45) is 5.91. The summed E-state index contributed by atoms with van der Waals surface area (Å²) in [5.41, 5.74) is 4.04. The van der Waals surface area contributed by atoms with Crippen molar-refractivity contribution in [2.45, 2.75) is 32.0 Å². The molecule has 0 bridgehead atoms. The topological polar surface area (TPSA) is 90.8 Å². The lowest BCUT2D eigenvalue weighted by Crippen LogP contribution is -2.52. The number of benzene rings is 2. The second kappa shape index (κ2) is 9.44. The number of carbonyl (C=O) groups is 3. The van der Waals surface area contributed by atoms with E-state index in [1.54, 1.807) is 12.5 Å². The predicted octanol–water partition coefficient (Wildman–Crippen LogP) is 2.09. The van der Waals surface area contributed by atoms with E-state index in [2.05, 4.69) is 44.4 Å². The Balaban J connectivity index is 1.13. The minimum Gasteiger partial charge on any atom is -0.369 e. The number of aromatic nitrogens is 2. The number of piperazine rings is 1. The molecule has 3 aliphatic rings. The Morgan fingerprint density at radius 2 is 1.81 bits per heavy atom. The molecule has 0 saturated carbocycles. The summed E-state index contributed by atoms with van der Waals surface area (Å²) in [4.78, 5) is 47.1. The molecule has 0 radical (unpaired) electrons. The third kappa shape index (κ3) is 4.48. The number of fused-ring (bicyclic) bond motifs is 1. The van der Waals surface area contributed by atoms with Crippen LogP contribution >= 0.6 is 0 Å². The first-order chi connectivity index (χ1) is 18.0. The van der Waals surface area contributed by atoms with E-state index in [0.29, 0.717) is 24.3 Å². The molecule has 10 heteroatoms. The van der Waals surface area contributed by atoms with Crippen LogP contribution in [0.15, 0.2) is 55.1 Å². The standard InChI is InChI=1S/C27H27FN6O3/c28-19-13-21-22(16-34(27(21)37)23-5-6-25(35)30-26(23)36)24(14-19)32-11-9-31(10-12-32)15-18-1-3-20(4-2-18)33-8-7-29-17-33/h1-4,7-8,13-14,17,23H,5-6,9-12,15-16H2,(H,30,35,36). The summed E-state index contributed by atoms with van der Waals surface area (Å²) in [6, 6.07) is 10.4. The van der Waals surface area contributed by atoms with Crippen LogP contribution in [-0.4, -0.2) is 69.3 Å². The van der Waals surface area contributed by atoms with Gasteiger partial charge >= 0.3 is 0 Å². The third-order valence-electron chi connectivity index (χ3n) is 7.46. The molecule has 6 rings (SSSR count). The smallest absolute Gasteiger partial charge is 0.255 e. The number of imide groups is 1. The molecule has 190 valence electrons. The summed E-state index contributed by atoms with van der Waals surface area (Å²) in [7, 11) is 0. The van der Waals surface area contributed by atoms with Gasteiger partial charge in [0.25, 0.3) is 5.91 Å². The van der Waals surface area contributed by atoms with E-state index in [1.807, 2.05) is 10.8 Å². The van der Waals surface area contributed by atoms with Crippen molar-refractivity contribution in [2.24, 2.45) is 0 Å². The van der Waals surface area contributed by atoms with E-state index in [0.717, 1.165) is 30.9 Å². The van der Waals surface area contributed by atoms with Gasteiger partial charge in [0.05, 0.1) is 6.33 Å². The fourth-order valence-corrected chi connectivity index (χ4v) is 5.48. The van der Waals surface area contributed by atoms with Crippen LogP contribution in [0.2, 0.25) is 0 Å². The molecule has 2 saturated heterocycles. The van der Waals surface area contributed by atoms with Crippen LogP contribution in [0.25, 0.3) is 5.69 Å². The van der Waals surface area contributed by atoms with Crippen molar-refractivity contribution in [2.75, 3.05) is 31.1 Å². The van der Waals surface area contributed by atoms with E-state index in [1.165, 1.54) is 22.6 Å². The minimum atomic E-state index is -0.717. The maximum Gasteiger partial charge on any atom is 0.255 e. The lowest BCUT2D eigenvalue weighted by Gasteiger charge is -2.37. The molecular formula is C27H27FN6O3. The van der Waals surface area contributed by atoms with Crippen LogP contribution < -0.4 is 10.2 Å². The second-order valence-corrected chi connectivity index (χ2v) is 9.75. The van der Waals surface area contributed by atoms with Gasteiger partial charge in [-0.3, -0.25) is 24.6 Å². The van der Waals surface area contributed by atoms with Crippen LogP contribution in [0, 0.1) is 5.82 Å². The molecule has 1 N–H and O–H groups in total. The second-order valence-electron chi connectivity index (χ2n) is 9.75. The van der Waals surface area contributed by atoms with Crippen LogP contribution in [0.1, 0.15) is 34.3 Å². The first kappa shape index (κ1) is 23.4. The molecule has 2 aromatic carbocycles. The van der Waals surface area contributed by atoms with Gasteiger partial charge in [0.15, 0.2) is 0 Å². The molecule has 37 heavy (non-hydrogen) atoms. The molecule has 3 aromatic rings. The zero-order valence-corrected chi connectivity index (χ0v) is 20.3. The number of anilines is 1. The van der Waals surface area contributed by atoms with Gasteiger partial charge in [-0.25, -0.2) is 9.37 Å². The van der Waals surface area contributed by atoms with Gasteiger partial charge in [-0.05, 0) is 36.2 Å². The predicted molar refractivity (Wildman–Crippen MR) is 133 cm³/mol. The zero-order valence-electron chi connectivity index (χ0n) is 20.3. The minimum absolute atomic E-state index is 0.187. The Morgan fingerprint density at radius 3 is 2.51 bits per heavy atom. The molecule has 9 nitrogen and oxygen atoms in total. The monoisotopic (exact) mass is 502 g/mol. The summed E-state index contributed by atoms with van der Waals surface area (Å²) in [5, 5.41) is 2.31. The van der Waals surface area contributed by atoms with Crippen molar-refractivity contribution in [3.63, 3.8) is 0 Å². The lowest BCUT2D eigenvalue weighted by atomic mass is 10.0. The van der Waals surface area contributed by atoms with E-state index in [9.17, 15) is 18.8 Å². The summed E-state index contributed by atoms with van der Waals surface area (Å²) in [5.74, 6) is -1.62. The van der Waals surface area contributed by atoms with Crippen molar-refractivity contribution in [3.8, 4) is 5.69 Å². The fraction of sp³-hybridized carbons (Fsp3) is 0.333. The molecule has 3 amide bonds. The Labute approximate surface area is 213 Å². The largest absolute Gasteiger partial charge is 0.369 e. The maximum absolute atomic E-state index is 14.6.